The maximum absolute atomic E-state index is 10.9. The van der Waals surface area contributed by atoms with E-state index in [-0.39, 0.29) is 16.7 Å². The van der Waals surface area contributed by atoms with Gasteiger partial charge in [0.2, 0.25) is 0 Å². The SMILES string of the molecule is Cc1cnc(NC(C)CCCC(C)C)cc1[N+](=O)[O-]. The van der Waals surface area contributed by atoms with Gasteiger partial charge in [0.15, 0.2) is 0 Å². The topological polar surface area (TPSA) is 68.1 Å². The first-order valence-corrected chi connectivity index (χ1v) is 6.77. The van der Waals surface area contributed by atoms with E-state index in [1.54, 1.807) is 13.1 Å². The number of rotatable bonds is 7. The molecular formula is C14H23N3O2. The van der Waals surface area contributed by atoms with Crippen molar-refractivity contribution in [3.63, 3.8) is 0 Å². The minimum Gasteiger partial charge on any atom is -0.367 e. The van der Waals surface area contributed by atoms with Crippen molar-refractivity contribution < 1.29 is 4.92 Å². The maximum Gasteiger partial charge on any atom is 0.277 e. The third kappa shape index (κ3) is 5.24. The highest BCUT2D eigenvalue weighted by atomic mass is 16.6. The zero-order valence-electron chi connectivity index (χ0n) is 12.1. The zero-order chi connectivity index (χ0) is 14.4. The number of aromatic nitrogens is 1. The fourth-order valence-corrected chi connectivity index (χ4v) is 1.95. The molecule has 1 aromatic heterocycles. The van der Waals surface area contributed by atoms with Gasteiger partial charge in [-0.15, -0.1) is 0 Å². The van der Waals surface area contributed by atoms with Crippen molar-refractivity contribution in [3.05, 3.63) is 27.9 Å². The molecule has 0 amide bonds. The van der Waals surface area contributed by atoms with Crippen LogP contribution in [0.15, 0.2) is 12.3 Å². The van der Waals surface area contributed by atoms with E-state index in [1.807, 2.05) is 0 Å². The highest BCUT2D eigenvalue weighted by Gasteiger charge is 2.13. The van der Waals surface area contributed by atoms with Gasteiger partial charge >= 0.3 is 0 Å². The molecule has 0 aromatic carbocycles. The first kappa shape index (κ1) is 15.4. The predicted molar refractivity (Wildman–Crippen MR) is 77.4 cm³/mol. The number of nitrogens with zero attached hydrogens (tertiary/aromatic N) is 2. The molecule has 1 N–H and O–H groups in total. The quantitative estimate of drug-likeness (QED) is 0.599. The number of nitro groups is 1. The van der Waals surface area contributed by atoms with Crippen LogP contribution in [-0.4, -0.2) is 15.9 Å². The fraction of sp³-hybridized carbons (Fsp3) is 0.643. The summed E-state index contributed by atoms with van der Waals surface area (Å²) in [6, 6.07) is 1.78. The Morgan fingerprint density at radius 3 is 2.63 bits per heavy atom. The Hall–Kier alpha value is -1.65. The lowest BCUT2D eigenvalue weighted by atomic mass is 10.0. The first-order chi connectivity index (χ1) is 8.90. The van der Waals surface area contributed by atoms with Crippen LogP contribution in [0.4, 0.5) is 11.5 Å². The summed E-state index contributed by atoms with van der Waals surface area (Å²) >= 11 is 0. The number of aryl methyl sites for hydroxylation is 1. The predicted octanol–water partition coefficient (Wildman–Crippen LogP) is 3.92. The van der Waals surface area contributed by atoms with E-state index in [0.717, 1.165) is 12.8 Å². The van der Waals surface area contributed by atoms with E-state index >= 15 is 0 Å². The van der Waals surface area contributed by atoms with Gasteiger partial charge < -0.3 is 5.32 Å². The molecule has 1 unspecified atom stereocenters. The number of nitrogens with one attached hydrogen (secondary N) is 1. The van der Waals surface area contributed by atoms with Crippen molar-refractivity contribution in [1.29, 1.82) is 0 Å². The molecule has 1 heterocycles. The third-order valence-corrected chi connectivity index (χ3v) is 3.08. The number of pyridine rings is 1. The van der Waals surface area contributed by atoms with E-state index in [9.17, 15) is 10.1 Å². The Kier molecular flexibility index (Phi) is 5.73. The van der Waals surface area contributed by atoms with Gasteiger partial charge in [0, 0.05) is 17.8 Å². The molecule has 0 aliphatic heterocycles. The van der Waals surface area contributed by atoms with E-state index < -0.39 is 0 Å². The molecule has 19 heavy (non-hydrogen) atoms. The zero-order valence-corrected chi connectivity index (χ0v) is 12.1. The van der Waals surface area contributed by atoms with Gasteiger partial charge in [-0.25, -0.2) is 4.98 Å². The lowest BCUT2D eigenvalue weighted by Gasteiger charge is -2.15. The summed E-state index contributed by atoms with van der Waals surface area (Å²) in [4.78, 5) is 14.7. The van der Waals surface area contributed by atoms with Crippen molar-refractivity contribution in [2.24, 2.45) is 5.92 Å². The van der Waals surface area contributed by atoms with Crippen LogP contribution in [-0.2, 0) is 0 Å². The Morgan fingerprint density at radius 1 is 1.37 bits per heavy atom. The van der Waals surface area contributed by atoms with Gasteiger partial charge in [0.1, 0.15) is 5.82 Å². The molecule has 5 heteroatoms. The second-order valence-electron chi connectivity index (χ2n) is 5.48. The van der Waals surface area contributed by atoms with Crippen LogP contribution in [0.1, 0.15) is 45.6 Å². The van der Waals surface area contributed by atoms with Gasteiger partial charge in [0.25, 0.3) is 5.69 Å². The summed E-state index contributed by atoms with van der Waals surface area (Å²) in [6.45, 7) is 8.20. The van der Waals surface area contributed by atoms with E-state index in [2.05, 4.69) is 31.1 Å². The molecule has 1 rings (SSSR count). The van der Waals surface area contributed by atoms with Crippen LogP contribution >= 0.6 is 0 Å². The summed E-state index contributed by atoms with van der Waals surface area (Å²) in [7, 11) is 0. The van der Waals surface area contributed by atoms with Gasteiger partial charge in [-0.05, 0) is 26.2 Å². The maximum atomic E-state index is 10.9. The molecule has 0 aliphatic carbocycles. The van der Waals surface area contributed by atoms with Crippen LogP contribution in [0.3, 0.4) is 0 Å². The largest absolute Gasteiger partial charge is 0.367 e. The number of anilines is 1. The summed E-state index contributed by atoms with van der Waals surface area (Å²) in [6.07, 6.45) is 4.94. The Balaban J connectivity index is 2.57. The average Bonchev–Trinajstić information content (AvgIpc) is 2.30. The Labute approximate surface area is 114 Å². The van der Waals surface area contributed by atoms with Crippen LogP contribution in [0, 0.1) is 23.0 Å². The number of hydrogen-bond donors (Lipinski definition) is 1. The number of hydrogen-bond acceptors (Lipinski definition) is 4. The average molecular weight is 265 g/mol. The molecule has 0 saturated heterocycles. The molecule has 0 aliphatic rings. The van der Waals surface area contributed by atoms with Crippen LogP contribution in [0.5, 0.6) is 0 Å². The molecule has 0 radical (unpaired) electrons. The van der Waals surface area contributed by atoms with Crippen LogP contribution in [0.2, 0.25) is 0 Å². The second kappa shape index (κ2) is 7.07. The molecular weight excluding hydrogens is 242 g/mol. The molecule has 5 nitrogen and oxygen atoms in total. The Bertz CT molecular complexity index is 433. The molecule has 0 bridgehead atoms. The summed E-state index contributed by atoms with van der Waals surface area (Å²) in [5, 5.41) is 14.1. The van der Waals surface area contributed by atoms with Gasteiger partial charge in [-0.1, -0.05) is 26.7 Å². The Morgan fingerprint density at radius 2 is 2.05 bits per heavy atom. The monoisotopic (exact) mass is 265 g/mol. The van der Waals surface area contributed by atoms with Crippen LogP contribution in [0.25, 0.3) is 0 Å². The highest BCUT2D eigenvalue weighted by molar-refractivity contribution is 5.49. The summed E-state index contributed by atoms with van der Waals surface area (Å²) < 4.78 is 0. The third-order valence-electron chi connectivity index (χ3n) is 3.08. The van der Waals surface area contributed by atoms with Crippen molar-refractivity contribution in [1.82, 2.24) is 4.98 Å². The van der Waals surface area contributed by atoms with E-state index in [1.165, 1.54) is 12.5 Å². The normalized spacial score (nSPS) is 12.5. The van der Waals surface area contributed by atoms with E-state index in [0.29, 0.717) is 17.3 Å². The first-order valence-electron chi connectivity index (χ1n) is 6.77. The van der Waals surface area contributed by atoms with Crippen molar-refractivity contribution in [3.8, 4) is 0 Å². The molecule has 106 valence electrons. The fourth-order valence-electron chi connectivity index (χ4n) is 1.95. The van der Waals surface area contributed by atoms with Crippen molar-refractivity contribution in [2.75, 3.05) is 5.32 Å². The lowest BCUT2D eigenvalue weighted by molar-refractivity contribution is -0.385. The van der Waals surface area contributed by atoms with E-state index in [4.69, 9.17) is 0 Å². The molecule has 0 fully saturated rings. The minimum atomic E-state index is -0.369. The molecule has 1 atom stereocenters. The standard InChI is InChI=1S/C14H23N3O2/c1-10(2)6-5-7-12(4)16-14-8-13(17(18)19)11(3)9-15-14/h8-10,12H,5-7H2,1-4H3,(H,15,16). The highest BCUT2D eigenvalue weighted by Crippen LogP contribution is 2.21. The molecule has 1 aromatic rings. The smallest absolute Gasteiger partial charge is 0.277 e. The summed E-state index contributed by atoms with van der Waals surface area (Å²) in [5.74, 6) is 1.29. The lowest BCUT2D eigenvalue weighted by Crippen LogP contribution is -2.16. The van der Waals surface area contributed by atoms with Crippen LogP contribution < -0.4 is 5.32 Å². The van der Waals surface area contributed by atoms with Gasteiger partial charge in [-0.3, -0.25) is 10.1 Å². The van der Waals surface area contributed by atoms with Gasteiger partial charge in [0.05, 0.1) is 11.0 Å². The molecule has 0 saturated carbocycles. The van der Waals surface area contributed by atoms with Crippen molar-refractivity contribution >= 4 is 11.5 Å². The summed E-state index contributed by atoms with van der Waals surface area (Å²) in [5.41, 5.74) is 0.704. The van der Waals surface area contributed by atoms with Gasteiger partial charge in [-0.2, -0.15) is 0 Å². The van der Waals surface area contributed by atoms with Crippen molar-refractivity contribution in [2.45, 2.75) is 53.0 Å². The minimum absolute atomic E-state index is 0.117. The second-order valence-corrected chi connectivity index (χ2v) is 5.48. The molecule has 0 spiro atoms.